The molecule has 0 spiro atoms. The van der Waals surface area contributed by atoms with Gasteiger partial charge in [0.25, 0.3) is 0 Å². The smallest absolute Gasteiger partial charge is 0.390 e. The third-order valence-corrected chi connectivity index (χ3v) is 6.53. The zero-order valence-corrected chi connectivity index (χ0v) is 23.0. The van der Waals surface area contributed by atoms with Crippen LogP contribution in [0.25, 0.3) is 0 Å². The van der Waals surface area contributed by atoms with Crippen molar-refractivity contribution in [1.82, 2.24) is 0 Å². The first-order valence-corrected chi connectivity index (χ1v) is 15.1. The number of phosphoric ester groups is 1. The molecule has 0 aliphatic rings. The fourth-order valence-electron chi connectivity index (χ4n) is 3.83. The summed E-state index contributed by atoms with van der Waals surface area (Å²) < 4.78 is 15.5. The van der Waals surface area contributed by atoms with E-state index in [1.54, 1.807) is 0 Å². The zero-order valence-electron chi connectivity index (χ0n) is 22.1. The molecule has 5 nitrogen and oxygen atoms in total. The number of hydrogen-bond donors (Lipinski definition) is 3. The van der Waals surface area contributed by atoms with E-state index in [1.165, 1.54) is 64.2 Å². The highest BCUT2D eigenvalue weighted by molar-refractivity contribution is 7.46. The second kappa shape index (κ2) is 22.8. The molecule has 0 radical (unpaired) electrons. The topological polar surface area (TPSA) is 87.0 Å². The van der Waals surface area contributed by atoms with Crippen LogP contribution in [-0.2, 0) is 9.09 Å². The molecule has 0 amide bonds. The Kier molecular flexibility index (Phi) is 24.4. The minimum atomic E-state index is -4.32. The molecule has 32 heavy (non-hydrogen) atoms. The van der Waals surface area contributed by atoms with Crippen LogP contribution in [0.1, 0.15) is 150 Å². The summed E-state index contributed by atoms with van der Waals surface area (Å²) in [6.07, 6.45) is 20.9. The molecule has 0 fully saturated rings. The average molecular weight is 481 g/mol. The normalized spacial score (nSPS) is 13.0. The molecule has 0 heterocycles. The molecule has 0 aromatic heterocycles. The molecular formula is C26H57O5P. The van der Waals surface area contributed by atoms with Gasteiger partial charge in [0.05, 0.1) is 12.2 Å². The fraction of sp³-hybridized carbons (Fsp3) is 1.00. The minimum Gasteiger partial charge on any atom is -0.390 e. The van der Waals surface area contributed by atoms with E-state index in [0.29, 0.717) is 5.92 Å². The predicted molar refractivity (Wildman–Crippen MR) is 138 cm³/mol. The van der Waals surface area contributed by atoms with Crippen LogP contribution in [0.15, 0.2) is 0 Å². The van der Waals surface area contributed by atoms with Gasteiger partial charge in [0, 0.05) is 0 Å². The molecule has 1 unspecified atom stereocenters. The van der Waals surface area contributed by atoms with Crippen molar-refractivity contribution < 1.29 is 24.0 Å². The lowest BCUT2D eigenvalue weighted by Crippen LogP contribution is -2.23. The summed E-state index contributed by atoms with van der Waals surface area (Å²) in [5.74, 6) is 0.292. The lowest BCUT2D eigenvalue weighted by Gasteiger charge is -2.22. The van der Waals surface area contributed by atoms with Crippen LogP contribution in [0, 0.1) is 5.92 Å². The molecule has 0 saturated carbocycles. The van der Waals surface area contributed by atoms with Gasteiger partial charge in [0.2, 0.25) is 0 Å². The number of hydrogen-bond acceptors (Lipinski definition) is 3. The van der Waals surface area contributed by atoms with E-state index in [2.05, 4.69) is 27.7 Å². The monoisotopic (exact) mass is 480 g/mol. The molecule has 0 aliphatic heterocycles. The maximum Gasteiger partial charge on any atom is 0.469 e. The molecule has 3 N–H and O–H groups in total. The third-order valence-electron chi connectivity index (χ3n) is 6.05. The molecule has 0 rings (SSSR count). The van der Waals surface area contributed by atoms with Crippen LogP contribution < -0.4 is 0 Å². The van der Waals surface area contributed by atoms with Gasteiger partial charge in [-0.2, -0.15) is 0 Å². The highest BCUT2D eigenvalue weighted by atomic mass is 31.2. The van der Waals surface area contributed by atoms with Gasteiger partial charge in [0.15, 0.2) is 0 Å². The highest BCUT2D eigenvalue weighted by Gasteiger charge is 2.18. The summed E-state index contributed by atoms with van der Waals surface area (Å²) in [6.45, 7) is 10.9. The van der Waals surface area contributed by atoms with E-state index >= 15 is 0 Å². The van der Waals surface area contributed by atoms with E-state index in [0.717, 1.165) is 51.4 Å². The Bertz CT molecular complexity index is 412. The van der Waals surface area contributed by atoms with Crippen molar-refractivity contribution in [1.29, 1.82) is 0 Å². The Morgan fingerprint density at radius 3 is 1.47 bits per heavy atom. The number of aliphatic hydroxyl groups is 1. The predicted octanol–water partition coefficient (Wildman–Crippen LogP) is 8.55. The second-order valence-corrected chi connectivity index (χ2v) is 11.0. The summed E-state index contributed by atoms with van der Waals surface area (Å²) >= 11 is 0. The van der Waals surface area contributed by atoms with Crippen molar-refractivity contribution in [3.63, 3.8) is 0 Å². The lowest BCUT2D eigenvalue weighted by atomic mass is 9.93. The van der Waals surface area contributed by atoms with E-state index < -0.39 is 13.4 Å². The summed E-state index contributed by atoms with van der Waals surface area (Å²) in [4.78, 5) is 17.7. The molecule has 6 heteroatoms. The van der Waals surface area contributed by atoms with Gasteiger partial charge in [-0.15, -0.1) is 0 Å². The number of rotatable bonds is 21. The van der Waals surface area contributed by atoms with Crippen molar-refractivity contribution >= 4 is 7.82 Å². The van der Waals surface area contributed by atoms with E-state index in [9.17, 15) is 9.67 Å². The Labute approximate surface area is 200 Å². The summed E-state index contributed by atoms with van der Waals surface area (Å²) in [5.41, 5.74) is -0.397. The van der Waals surface area contributed by atoms with Crippen LogP contribution in [0.2, 0.25) is 0 Å². The van der Waals surface area contributed by atoms with E-state index in [1.807, 2.05) is 6.92 Å². The quantitative estimate of drug-likeness (QED) is 0.113. The maximum atomic E-state index is 10.8. The third kappa shape index (κ3) is 28.1. The summed E-state index contributed by atoms with van der Waals surface area (Å²) in [5, 5.41) is 9.78. The van der Waals surface area contributed by atoms with Gasteiger partial charge in [-0.05, 0) is 38.5 Å². The van der Waals surface area contributed by atoms with Gasteiger partial charge >= 0.3 is 7.82 Å². The van der Waals surface area contributed by atoms with Crippen molar-refractivity contribution in [3.8, 4) is 0 Å². The largest absolute Gasteiger partial charge is 0.469 e. The standard InChI is InChI=1S/C16H35O4P.C10H22O/c1-3-5-7-9-10-12-14-16(13-11-8-6-4-2)15-20-21(17,18)19;1-4-6-8-10(3,11)9-7-5-2/h16H,3-15H2,1-2H3,(H2,17,18,19);11H,4-9H2,1-3H3. The van der Waals surface area contributed by atoms with E-state index in [4.69, 9.17) is 14.3 Å². The minimum absolute atomic E-state index is 0.200. The first-order valence-electron chi connectivity index (χ1n) is 13.5. The van der Waals surface area contributed by atoms with Gasteiger partial charge in [0.1, 0.15) is 0 Å². The number of phosphoric acid groups is 1. The van der Waals surface area contributed by atoms with E-state index in [-0.39, 0.29) is 6.61 Å². The van der Waals surface area contributed by atoms with Crippen LogP contribution in [0.5, 0.6) is 0 Å². The first-order chi connectivity index (χ1) is 15.1. The molecular weight excluding hydrogens is 423 g/mol. The molecule has 0 aliphatic carbocycles. The van der Waals surface area contributed by atoms with Crippen LogP contribution in [-0.4, -0.2) is 27.1 Å². The molecule has 1 atom stereocenters. The lowest BCUT2D eigenvalue weighted by molar-refractivity contribution is 0.0376. The molecule has 196 valence electrons. The van der Waals surface area contributed by atoms with Gasteiger partial charge < -0.3 is 14.9 Å². The first kappa shape index (κ1) is 34.2. The Hall–Kier alpha value is 0.0700. The maximum absolute atomic E-state index is 10.8. The van der Waals surface area contributed by atoms with Crippen LogP contribution in [0.3, 0.4) is 0 Å². The summed E-state index contributed by atoms with van der Waals surface area (Å²) in [6, 6.07) is 0. The molecule has 0 bridgehead atoms. The fourth-order valence-corrected chi connectivity index (χ4v) is 4.23. The van der Waals surface area contributed by atoms with Crippen molar-refractivity contribution in [2.75, 3.05) is 6.61 Å². The molecule has 0 aromatic carbocycles. The molecule has 0 saturated heterocycles. The van der Waals surface area contributed by atoms with Crippen LogP contribution >= 0.6 is 7.82 Å². The van der Waals surface area contributed by atoms with Gasteiger partial charge in [-0.1, -0.05) is 118 Å². The van der Waals surface area contributed by atoms with Gasteiger partial charge in [-0.25, -0.2) is 4.57 Å². The second-order valence-electron chi connectivity index (χ2n) is 9.76. The van der Waals surface area contributed by atoms with Crippen molar-refractivity contribution in [2.24, 2.45) is 5.92 Å². The molecule has 0 aromatic rings. The Balaban J connectivity index is 0. The summed E-state index contributed by atoms with van der Waals surface area (Å²) in [7, 11) is -4.32. The number of unbranched alkanes of at least 4 members (excludes halogenated alkanes) is 10. The Morgan fingerprint density at radius 1 is 0.688 bits per heavy atom. The average Bonchev–Trinajstić information content (AvgIpc) is 2.73. The Morgan fingerprint density at radius 2 is 1.06 bits per heavy atom. The zero-order chi connectivity index (χ0) is 24.7. The van der Waals surface area contributed by atoms with Crippen LogP contribution in [0.4, 0.5) is 0 Å². The highest BCUT2D eigenvalue weighted by Crippen LogP contribution is 2.37. The van der Waals surface area contributed by atoms with Crippen molar-refractivity contribution in [2.45, 2.75) is 156 Å². The van der Waals surface area contributed by atoms with Gasteiger partial charge in [-0.3, -0.25) is 4.52 Å². The SMILES string of the molecule is CCCCC(C)(O)CCCC.CCCCCCCCC(CCCCCC)COP(=O)(O)O. The van der Waals surface area contributed by atoms with Crippen molar-refractivity contribution in [3.05, 3.63) is 0 Å².